The molecule has 1 atom stereocenters. The molecule has 1 aromatic carbocycles. The molecule has 2 aromatic heterocycles. The highest BCUT2D eigenvalue weighted by Gasteiger charge is 2.38. The van der Waals surface area contributed by atoms with Gasteiger partial charge in [0.15, 0.2) is 5.89 Å². The highest BCUT2D eigenvalue weighted by Crippen LogP contribution is 2.44. The quantitative estimate of drug-likeness (QED) is 0.555. The molecule has 1 fully saturated rings. The van der Waals surface area contributed by atoms with E-state index in [2.05, 4.69) is 9.71 Å². The average Bonchev–Trinajstić information content (AvgIpc) is 3.47. The summed E-state index contributed by atoms with van der Waals surface area (Å²) in [5, 5.41) is 9.87. The number of hydrogen-bond donors (Lipinski definition) is 2. The topological polar surface area (TPSA) is 92.4 Å². The van der Waals surface area contributed by atoms with E-state index >= 15 is 0 Å². The van der Waals surface area contributed by atoms with Crippen molar-refractivity contribution < 1.29 is 17.9 Å². The third-order valence-electron chi connectivity index (χ3n) is 5.80. The number of benzene rings is 1. The van der Waals surface area contributed by atoms with Crippen molar-refractivity contribution in [3.63, 3.8) is 0 Å². The number of oxazole rings is 1. The monoisotopic (exact) mass is 446 g/mol. The molecule has 0 amide bonds. The van der Waals surface area contributed by atoms with Gasteiger partial charge in [-0.15, -0.1) is 11.3 Å². The molecule has 0 aliphatic heterocycles. The van der Waals surface area contributed by atoms with Gasteiger partial charge < -0.3 is 9.52 Å². The third kappa shape index (κ3) is 4.23. The first kappa shape index (κ1) is 21.2. The van der Waals surface area contributed by atoms with Crippen LogP contribution in [0.15, 0.2) is 52.0 Å². The van der Waals surface area contributed by atoms with Gasteiger partial charge in [-0.25, -0.2) is 18.1 Å². The van der Waals surface area contributed by atoms with Crippen LogP contribution in [0.5, 0.6) is 0 Å². The van der Waals surface area contributed by atoms with Crippen molar-refractivity contribution >= 4 is 21.4 Å². The van der Waals surface area contributed by atoms with Crippen molar-refractivity contribution in [1.29, 1.82) is 0 Å². The van der Waals surface area contributed by atoms with Crippen molar-refractivity contribution in [1.82, 2.24) is 9.71 Å². The first-order chi connectivity index (χ1) is 14.3. The Balaban J connectivity index is 1.52. The third-order valence-corrected chi connectivity index (χ3v) is 8.72. The number of aryl methyl sites for hydroxylation is 1. The van der Waals surface area contributed by atoms with Crippen molar-refractivity contribution in [2.24, 2.45) is 0 Å². The Hall–Kier alpha value is -2.00. The number of aromatic nitrogens is 1. The molecule has 1 saturated carbocycles. The van der Waals surface area contributed by atoms with Gasteiger partial charge in [0, 0.05) is 34.2 Å². The number of hydrogen-bond acceptors (Lipinski definition) is 6. The Morgan fingerprint density at radius 1 is 1.20 bits per heavy atom. The highest BCUT2D eigenvalue weighted by atomic mass is 32.2. The van der Waals surface area contributed by atoms with Gasteiger partial charge >= 0.3 is 0 Å². The smallest absolute Gasteiger partial charge is 0.240 e. The largest absolute Gasteiger partial charge is 0.449 e. The van der Waals surface area contributed by atoms with E-state index in [4.69, 9.17) is 4.42 Å². The van der Waals surface area contributed by atoms with Crippen molar-refractivity contribution in [2.45, 2.75) is 55.9 Å². The van der Waals surface area contributed by atoms with Gasteiger partial charge in [0.05, 0.1) is 11.0 Å². The predicted molar refractivity (Wildman–Crippen MR) is 117 cm³/mol. The van der Waals surface area contributed by atoms with Crippen LogP contribution in [0.2, 0.25) is 0 Å². The van der Waals surface area contributed by atoms with Crippen molar-refractivity contribution in [2.75, 3.05) is 6.54 Å². The highest BCUT2D eigenvalue weighted by molar-refractivity contribution is 7.89. The summed E-state index contributed by atoms with van der Waals surface area (Å²) in [6.07, 6.45) is 5.10. The lowest BCUT2D eigenvalue weighted by Crippen LogP contribution is -2.38. The Kier molecular flexibility index (Phi) is 5.85. The Bertz CT molecular complexity index is 1110. The molecule has 0 saturated heterocycles. The number of aliphatic hydroxyl groups excluding tert-OH is 1. The maximum absolute atomic E-state index is 12.9. The van der Waals surface area contributed by atoms with Crippen LogP contribution in [-0.4, -0.2) is 25.1 Å². The van der Waals surface area contributed by atoms with Crippen LogP contribution in [0.4, 0.5) is 0 Å². The molecule has 0 unspecified atom stereocenters. The second kappa shape index (κ2) is 8.26. The lowest BCUT2D eigenvalue weighted by molar-refractivity contribution is 0.203. The molecule has 30 heavy (non-hydrogen) atoms. The molecule has 8 heteroatoms. The minimum atomic E-state index is -3.64. The Morgan fingerprint density at radius 2 is 1.90 bits per heavy atom. The van der Waals surface area contributed by atoms with Gasteiger partial charge in [-0.2, -0.15) is 0 Å². The summed E-state index contributed by atoms with van der Waals surface area (Å²) in [4.78, 5) is 6.57. The van der Waals surface area contributed by atoms with Crippen LogP contribution >= 0.6 is 11.3 Å². The standard InChI is InChI=1S/C22H26N2O4S2/c1-15(25)20-9-10-21(29-20)22(11-3-4-12-22)14-23-30(26,27)18-7-5-17(6-8-18)19-13-28-16(2)24-19/h5-10,13,15,23,25H,3-4,11-12,14H2,1-2H3/t15-/m1/s1. The van der Waals surface area contributed by atoms with Gasteiger partial charge in [0.1, 0.15) is 12.0 Å². The summed E-state index contributed by atoms with van der Waals surface area (Å²) in [5.74, 6) is 0.567. The fraction of sp³-hybridized carbons (Fsp3) is 0.409. The maximum Gasteiger partial charge on any atom is 0.240 e. The van der Waals surface area contributed by atoms with Crippen LogP contribution in [-0.2, 0) is 15.4 Å². The summed E-state index contributed by atoms with van der Waals surface area (Å²) in [5.41, 5.74) is 1.28. The SMILES string of the molecule is Cc1nc(-c2ccc(S(=O)(=O)NCC3(c4ccc([C@@H](C)O)s4)CCCC3)cc2)co1. The zero-order chi connectivity index (χ0) is 21.4. The molecule has 2 N–H and O–H groups in total. The molecule has 0 radical (unpaired) electrons. The number of thiophene rings is 1. The lowest BCUT2D eigenvalue weighted by atomic mass is 9.85. The fourth-order valence-electron chi connectivity index (χ4n) is 4.04. The molecule has 6 nitrogen and oxygen atoms in total. The Morgan fingerprint density at radius 3 is 2.47 bits per heavy atom. The number of nitrogens with one attached hydrogen (secondary N) is 1. The number of aliphatic hydroxyl groups is 1. The second-order valence-electron chi connectivity index (χ2n) is 7.97. The first-order valence-corrected chi connectivity index (χ1v) is 12.4. The molecular formula is C22H26N2O4S2. The van der Waals surface area contributed by atoms with Crippen molar-refractivity contribution in [3.8, 4) is 11.3 Å². The average molecular weight is 447 g/mol. The predicted octanol–water partition coefficient (Wildman–Crippen LogP) is 4.56. The zero-order valence-corrected chi connectivity index (χ0v) is 18.7. The maximum atomic E-state index is 12.9. The molecule has 2 heterocycles. The van der Waals surface area contributed by atoms with E-state index in [0.717, 1.165) is 41.0 Å². The first-order valence-electron chi connectivity index (χ1n) is 10.1. The summed E-state index contributed by atoms with van der Waals surface area (Å²) >= 11 is 1.58. The molecule has 1 aliphatic rings. The van der Waals surface area contributed by atoms with E-state index in [1.165, 1.54) is 0 Å². The Labute approximate surface area is 181 Å². The molecule has 4 rings (SSSR count). The number of sulfonamides is 1. The second-order valence-corrected chi connectivity index (χ2v) is 10.8. The molecule has 160 valence electrons. The minimum Gasteiger partial charge on any atom is -0.449 e. The molecule has 0 bridgehead atoms. The summed E-state index contributed by atoms with van der Waals surface area (Å²) in [6.45, 7) is 3.88. The normalized spacial score (nSPS) is 17.3. The van der Waals surface area contributed by atoms with Crippen LogP contribution in [0, 0.1) is 6.92 Å². The summed E-state index contributed by atoms with van der Waals surface area (Å²) in [6, 6.07) is 10.7. The van der Waals surface area contributed by atoms with Gasteiger partial charge in [-0.05, 0) is 44.0 Å². The van der Waals surface area contributed by atoms with E-state index in [0.29, 0.717) is 18.1 Å². The zero-order valence-electron chi connectivity index (χ0n) is 17.1. The summed E-state index contributed by atoms with van der Waals surface area (Å²) < 4.78 is 34.0. The van der Waals surface area contributed by atoms with E-state index in [1.54, 1.807) is 55.7 Å². The van der Waals surface area contributed by atoms with Crippen LogP contribution in [0.25, 0.3) is 11.3 Å². The molecule has 1 aliphatic carbocycles. The van der Waals surface area contributed by atoms with Gasteiger partial charge in [-0.3, -0.25) is 0 Å². The molecular weight excluding hydrogens is 420 g/mol. The van der Waals surface area contributed by atoms with E-state index in [1.807, 2.05) is 12.1 Å². The van der Waals surface area contributed by atoms with Crippen LogP contribution < -0.4 is 4.72 Å². The van der Waals surface area contributed by atoms with Crippen LogP contribution in [0.3, 0.4) is 0 Å². The molecule has 0 spiro atoms. The van der Waals surface area contributed by atoms with Crippen LogP contribution in [0.1, 0.15) is 54.4 Å². The minimum absolute atomic E-state index is 0.205. The molecule has 3 aromatic rings. The number of rotatable bonds is 7. The lowest BCUT2D eigenvalue weighted by Gasteiger charge is -2.28. The van der Waals surface area contributed by atoms with E-state index in [-0.39, 0.29) is 10.3 Å². The fourth-order valence-corrected chi connectivity index (χ4v) is 6.36. The van der Waals surface area contributed by atoms with Gasteiger partial charge in [0.25, 0.3) is 0 Å². The van der Waals surface area contributed by atoms with Gasteiger partial charge in [0.2, 0.25) is 10.0 Å². The van der Waals surface area contributed by atoms with Crippen molar-refractivity contribution in [3.05, 3.63) is 58.3 Å². The van der Waals surface area contributed by atoms with E-state index in [9.17, 15) is 13.5 Å². The van der Waals surface area contributed by atoms with Gasteiger partial charge in [-0.1, -0.05) is 25.0 Å². The van der Waals surface area contributed by atoms with E-state index < -0.39 is 16.1 Å². The summed E-state index contributed by atoms with van der Waals surface area (Å²) in [7, 11) is -3.64. The number of nitrogens with zero attached hydrogens (tertiary/aromatic N) is 1.